The molecule has 1 atom stereocenters. The lowest BCUT2D eigenvalue weighted by Gasteiger charge is -2.28. The molecule has 132 valence electrons. The van der Waals surface area contributed by atoms with E-state index in [1.165, 1.54) is 0 Å². The van der Waals surface area contributed by atoms with Crippen molar-refractivity contribution in [2.45, 2.75) is 32.4 Å². The maximum absolute atomic E-state index is 12.8. The van der Waals surface area contributed by atoms with E-state index in [1.54, 1.807) is 18.9 Å². The zero-order valence-electron chi connectivity index (χ0n) is 14.5. The monoisotopic (exact) mass is 358 g/mol. The van der Waals surface area contributed by atoms with Gasteiger partial charge in [0.25, 0.3) is 0 Å². The number of hydrogen-bond donors (Lipinski definition) is 1. The van der Waals surface area contributed by atoms with Gasteiger partial charge in [0.2, 0.25) is 11.8 Å². The minimum Gasteiger partial charge on any atom is -0.357 e. The summed E-state index contributed by atoms with van der Waals surface area (Å²) < 4.78 is 0. The van der Waals surface area contributed by atoms with E-state index in [0.29, 0.717) is 24.4 Å². The topological polar surface area (TPSA) is 49.4 Å². The molecule has 4 nitrogen and oxygen atoms in total. The van der Waals surface area contributed by atoms with Crippen LogP contribution in [0.15, 0.2) is 54.6 Å². The number of carbonyl (C=O) groups is 2. The number of amides is 2. The van der Waals surface area contributed by atoms with E-state index in [9.17, 15) is 9.59 Å². The van der Waals surface area contributed by atoms with Crippen molar-refractivity contribution in [3.63, 3.8) is 0 Å². The first-order valence-corrected chi connectivity index (χ1v) is 8.69. The fourth-order valence-corrected chi connectivity index (χ4v) is 2.89. The van der Waals surface area contributed by atoms with Crippen LogP contribution in [-0.2, 0) is 22.6 Å². The Hall–Kier alpha value is -2.33. The van der Waals surface area contributed by atoms with Crippen LogP contribution < -0.4 is 5.32 Å². The summed E-state index contributed by atoms with van der Waals surface area (Å²) in [6, 6.07) is 16.6. The quantitative estimate of drug-likeness (QED) is 0.824. The Morgan fingerprint density at radius 3 is 2.36 bits per heavy atom. The molecule has 0 heterocycles. The van der Waals surface area contributed by atoms with Gasteiger partial charge in [0.1, 0.15) is 6.04 Å². The van der Waals surface area contributed by atoms with E-state index < -0.39 is 6.04 Å². The number of likely N-dealkylation sites (N-methyl/N-ethyl adjacent to an activating group) is 1. The molecule has 0 aromatic heterocycles. The van der Waals surface area contributed by atoms with Crippen LogP contribution in [0.1, 0.15) is 24.5 Å². The van der Waals surface area contributed by atoms with E-state index in [2.05, 4.69) is 5.32 Å². The highest BCUT2D eigenvalue weighted by Gasteiger charge is 2.25. The second-order valence-corrected chi connectivity index (χ2v) is 6.30. The van der Waals surface area contributed by atoms with Gasteiger partial charge in [-0.15, -0.1) is 0 Å². The van der Waals surface area contributed by atoms with Crippen molar-refractivity contribution < 1.29 is 9.59 Å². The van der Waals surface area contributed by atoms with Crippen molar-refractivity contribution in [3.8, 4) is 0 Å². The fraction of sp³-hybridized carbons (Fsp3) is 0.300. The number of halogens is 1. The van der Waals surface area contributed by atoms with Gasteiger partial charge in [-0.1, -0.05) is 60.1 Å². The lowest BCUT2D eigenvalue weighted by Crippen LogP contribution is -2.46. The highest BCUT2D eigenvalue weighted by Crippen LogP contribution is 2.18. The molecule has 0 bridgehead atoms. The minimum absolute atomic E-state index is 0.0696. The smallest absolute Gasteiger partial charge is 0.242 e. The van der Waals surface area contributed by atoms with E-state index in [4.69, 9.17) is 11.6 Å². The van der Waals surface area contributed by atoms with Crippen molar-refractivity contribution in [3.05, 3.63) is 70.7 Å². The molecule has 0 spiro atoms. The second kappa shape index (κ2) is 9.23. The summed E-state index contributed by atoms with van der Waals surface area (Å²) in [6.45, 7) is 2.14. The third-order valence-corrected chi connectivity index (χ3v) is 4.54. The number of aryl methyl sites for hydroxylation is 1. The molecular weight excluding hydrogens is 336 g/mol. The number of nitrogens with zero attached hydrogens (tertiary/aromatic N) is 1. The molecular formula is C20H23ClN2O2. The molecule has 2 amide bonds. The summed E-state index contributed by atoms with van der Waals surface area (Å²) in [5.74, 6) is -0.248. The first kappa shape index (κ1) is 19.0. The molecule has 1 N–H and O–H groups in total. The van der Waals surface area contributed by atoms with Gasteiger partial charge in [0, 0.05) is 25.0 Å². The van der Waals surface area contributed by atoms with Gasteiger partial charge in [-0.05, 0) is 30.5 Å². The van der Waals surface area contributed by atoms with Gasteiger partial charge in [0.15, 0.2) is 0 Å². The molecule has 0 unspecified atom stereocenters. The van der Waals surface area contributed by atoms with Gasteiger partial charge < -0.3 is 10.2 Å². The van der Waals surface area contributed by atoms with E-state index in [-0.39, 0.29) is 11.8 Å². The Morgan fingerprint density at radius 2 is 1.72 bits per heavy atom. The first-order chi connectivity index (χ1) is 12.0. The van der Waals surface area contributed by atoms with Crippen molar-refractivity contribution in [2.24, 2.45) is 0 Å². The summed E-state index contributed by atoms with van der Waals surface area (Å²) >= 11 is 6.16. The van der Waals surface area contributed by atoms with Crippen LogP contribution in [0, 0.1) is 0 Å². The van der Waals surface area contributed by atoms with E-state index >= 15 is 0 Å². The van der Waals surface area contributed by atoms with Crippen molar-refractivity contribution in [2.75, 3.05) is 7.05 Å². The van der Waals surface area contributed by atoms with Crippen molar-refractivity contribution in [1.82, 2.24) is 10.2 Å². The Labute approximate surface area is 153 Å². The van der Waals surface area contributed by atoms with Gasteiger partial charge in [-0.25, -0.2) is 0 Å². The minimum atomic E-state index is -0.538. The molecule has 2 aromatic carbocycles. The number of hydrogen-bond acceptors (Lipinski definition) is 2. The lowest BCUT2D eigenvalue weighted by atomic mass is 10.1. The largest absolute Gasteiger partial charge is 0.357 e. The van der Waals surface area contributed by atoms with Crippen LogP contribution in [0.2, 0.25) is 5.02 Å². The average Bonchev–Trinajstić information content (AvgIpc) is 2.64. The first-order valence-electron chi connectivity index (χ1n) is 8.31. The highest BCUT2D eigenvalue weighted by atomic mass is 35.5. The average molecular weight is 359 g/mol. The number of carbonyl (C=O) groups excluding carboxylic acids is 2. The Bertz CT molecular complexity index is 719. The maximum Gasteiger partial charge on any atom is 0.242 e. The van der Waals surface area contributed by atoms with Gasteiger partial charge in [0.05, 0.1) is 0 Å². The van der Waals surface area contributed by atoms with E-state index in [1.807, 2.05) is 54.6 Å². The molecule has 0 saturated heterocycles. The van der Waals surface area contributed by atoms with Crippen LogP contribution in [0.4, 0.5) is 0 Å². The van der Waals surface area contributed by atoms with Crippen molar-refractivity contribution >= 4 is 23.4 Å². The van der Waals surface area contributed by atoms with Crippen LogP contribution in [-0.4, -0.2) is 29.8 Å². The second-order valence-electron chi connectivity index (χ2n) is 5.89. The Morgan fingerprint density at radius 1 is 1.08 bits per heavy atom. The molecule has 5 heteroatoms. The summed E-state index contributed by atoms with van der Waals surface area (Å²) in [4.78, 5) is 26.5. The number of benzene rings is 2. The van der Waals surface area contributed by atoms with Gasteiger partial charge in [-0.3, -0.25) is 9.59 Å². The molecule has 0 saturated carbocycles. The molecule has 0 aliphatic rings. The zero-order chi connectivity index (χ0) is 18.2. The van der Waals surface area contributed by atoms with Crippen LogP contribution in [0.25, 0.3) is 0 Å². The normalized spacial score (nSPS) is 11.6. The van der Waals surface area contributed by atoms with Crippen LogP contribution in [0.5, 0.6) is 0 Å². The molecule has 0 radical (unpaired) electrons. The maximum atomic E-state index is 12.8. The molecule has 0 fully saturated rings. The summed E-state index contributed by atoms with van der Waals surface area (Å²) in [5, 5.41) is 3.27. The predicted molar refractivity (Wildman–Crippen MR) is 100 cm³/mol. The SMILES string of the molecule is CNC(=O)[C@H](C)N(Cc1ccccc1)C(=O)CCc1ccccc1Cl. The zero-order valence-corrected chi connectivity index (χ0v) is 15.3. The molecule has 25 heavy (non-hydrogen) atoms. The van der Waals surface area contributed by atoms with Crippen molar-refractivity contribution in [1.29, 1.82) is 0 Å². The fourth-order valence-electron chi connectivity index (χ4n) is 2.66. The third kappa shape index (κ3) is 5.33. The number of nitrogens with one attached hydrogen (secondary N) is 1. The molecule has 0 aliphatic heterocycles. The van der Waals surface area contributed by atoms with Crippen LogP contribution in [0.3, 0.4) is 0 Å². The Kier molecular flexibility index (Phi) is 7.02. The molecule has 0 aliphatic carbocycles. The summed E-state index contributed by atoms with van der Waals surface area (Å²) in [5.41, 5.74) is 1.93. The predicted octanol–water partition coefficient (Wildman–Crippen LogP) is 3.44. The highest BCUT2D eigenvalue weighted by molar-refractivity contribution is 6.31. The van der Waals surface area contributed by atoms with E-state index in [0.717, 1.165) is 11.1 Å². The summed E-state index contributed by atoms with van der Waals surface area (Å²) in [6.07, 6.45) is 0.849. The lowest BCUT2D eigenvalue weighted by molar-refractivity contribution is -0.140. The third-order valence-electron chi connectivity index (χ3n) is 4.18. The Balaban J connectivity index is 2.11. The summed E-state index contributed by atoms with van der Waals surface area (Å²) in [7, 11) is 1.58. The van der Waals surface area contributed by atoms with Crippen LogP contribution >= 0.6 is 11.6 Å². The number of rotatable bonds is 7. The molecule has 2 rings (SSSR count). The molecule has 2 aromatic rings. The van der Waals surface area contributed by atoms with Gasteiger partial charge in [-0.2, -0.15) is 0 Å². The van der Waals surface area contributed by atoms with Gasteiger partial charge >= 0.3 is 0 Å². The standard InChI is InChI=1S/C20H23ClN2O2/c1-15(20(25)22-2)23(14-16-8-4-3-5-9-16)19(24)13-12-17-10-6-7-11-18(17)21/h3-11,15H,12-14H2,1-2H3,(H,22,25)/t15-/m0/s1.